The summed E-state index contributed by atoms with van der Waals surface area (Å²) in [6.07, 6.45) is 1.75. The van der Waals surface area contributed by atoms with Crippen molar-refractivity contribution in [3.63, 3.8) is 0 Å². The van der Waals surface area contributed by atoms with Gasteiger partial charge in [0.25, 0.3) is 0 Å². The first kappa shape index (κ1) is 16.9. The second-order valence-corrected chi connectivity index (χ2v) is 6.15. The average molecular weight is 358 g/mol. The van der Waals surface area contributed by atoms with Crippen LogP contribution in [0.25, 0.3) is 6.08 Å². The fraction of sp³-hybridized carbons (Fsp3) is 0.0870. The molecule has 0 saturated carbocycles. The predicted molar refractivity (Wildman–Crippen MR) is 103 cm³/mol. The SMILES string of the molecule is COc1ccc(COc2ccc3c(c2)O/C(=C\c2ccccc2)C3=O)cc1. The van der Waals surface area contributed by atoms with Crippen molar-refractivity contribution in [2.24, 2.45) is 0 Å². The van der Waals surface area contributed by atoms with Gasteiger partial charge in [0.05, 0.1) is 12.7 Å². The van der Waals surface area contributed by atoms with E-state index >= 15 is 0 Å². The lowest BCUT2D eigenvalue weighted by Crippen LogP contribution is -1.97. The van der Waals surface area contributed by atoms with Crippen molar-refractivity contribution < 1.29 is 19.0 Å². The minimum absolute atomic E-state index is 0.115. The molecule has 0 bridgehead atoms. The van der Waals surface area contributed by atoms with Gasteiger partial charge in [-0.25, -0.2) is 0 Å². The molecule has 4 rings (SSSR count). The molecule has 0 aromatic heterocycles. The Balaban J connectivity index is 1.48. The molecule has 3 aromatic carbocycles. The number of allylic oxidation sites excluding steroid dienone is 1. The maximum atomic E-state index is 12.5. The van der Waals surface area contributed by atoms with Gasteiger partial charge in [0.15, 0.2) is 5.76 Å². The van der Waals surface area contributed by atoms with Crippen molar-refractivity contribution in [2.45, 2.75) is 6.61 Å². The first-order chi connectivity index (χ1) is 13.2. The highest BCUT2D eigenvalue weighted by molar-refractivity contribution is 6.14. The van der Waals surface area contributed by atoms with E-state index in [1.807, 2.05) is 54.6 Å². The smallest absolute Gasteiger partial charge is 0.231 e. The molecule has 0 atom stereocenters. The van der Waals surface area contributed by atoms with E-state index in [9.17, 15) is 4.79 Å². The molecule has 0 saturated heterocycles. The molecule has 0 unspecified atom stereocenters. The standard InChI is InChI=1S/C23H18O4/c1-25-18-9-7-17(8-10-18)15-26-19-11-12-20-21(14-19)27-22(23(20)24)13-16-5-3-2-4-6-16/h2-14H,15H2,1H3/b22-13-. The van der Waals surface area contributed by atoms with Gasteiger partial charge in [-0.2, -0.15) is 0 Å². The van der Waals surface area contributed by atoms with E-state index < -0.39 is 0 Å². The Hall–Kier alpha value is -3.53. The number of ketones is 1. The van der Waals surface area contributed by atoms with Gasteiger partial charge in [-0.3, -0.25) is 4.79 Å². The Morgan fingerprint density at radius 3 is 2.41 bits per heavy atom. The normalized spacial score (nSPS) is 14.0. The highest BCUT2D eigenvalue weighted by Gasteiger charge is 2.27. The van der Waals surface area contributed by atoms with Gasteiger partial charge in [-0.05, 0) is 41.5 Å². The summed E-state index contributed by atoms with van der Waals surface area (Å²) >= 11 is 0. The van der Waals surface area contributed by atoms with Gasteiger partial charge < -0.3 is 14.2 Å². The molecule has 1 aliphatic heterocycles. The Labute approximate surface area is 157 Å². The van der Waals surface area contributed by atoms with Crippen LogP contribution in [0.4, 0.5) is 0 Å². The van der Waals surface area contributed by atoms with Crippen LogP contribution in [0, 0.1) is 0 Å². The average Bonchev–Trinajstić information content (AvgIpc) is 3.02. The third kappa shape index (κ3) is 3.70. The van der Waals surface area contributed by atoms with Crippen molar-refractivity contribution >= 4 is 11.9 Å². The van der Waals surface area contributed by atoms with Crippen LogP contribution in [-0.4, -0.2) is 12.9 Å². The summed E-state index contributed by atoms with van der Waals surface area (Å²) in [5.74, 6) is 2.19. The van der Waals surface area contributed by atoms with E-state index in [1.54, 1.807) is 31.4 Å². The van der Waals surface area contributed by atoms with Gasteiger partial charge in [0.1, 0.15) is 23.9 Å². The fourth-order valence-corrected chi connectivity index (χ4v) is 2.85. The van der Waals surface area contributed by atoms with Crippen LogP contribution in [0.5, 0.6) is 17.2 Å². The molecule has 0 fully saturated rings. The molecule has 0 amide bonds. The predicted octanol–water partition coefficient (Wildman–Crippen LogP) is 4.89. The van der Waals surface area contributed by atoms with Crippen LogP contribution in [0.3, 0.4) is 0 Å². The third-order valence-electron chi connectivity index (χ3n) is 4.30. The molecule has 1 aliphatic rings. The zero-order chi connectivity index (χ0) is 18.6. The number of methoxy groups -OCH3 is 1. The number of hydrogen-bond donors (Lipinski definition) is 0. The van der Waals surface area contributed by atoms with Gasteiger partial charge in [0.2, 0.25) is 5.78 Å². The summed E-state index contributed by atoms with van der Waals surface area (Å²) in [4.78, 5) is 12.5. The van der Waals surface area contributed by atoms with E-state index in [4.69, 9.17) is 14.2 Å². The summed E-state index contributed by atoms with van der Waals surface area (Å²) in [7, 11) is 1.64. The number of benzene rings is 3. The number of carbonyl (C=O) groups is 1. The molecule has 0 radical (unpaired) electrons. The Morgan fingerprint density at radius 2 is 1.67 bits per heavy atom. The van der Waals surface area contributed by atoms with E-state index in [0.29, 0.717) is 29.4 Å². The van der Waals surface area contributed by atoms with E-state index in [2.05, 4.69) is 0 Å². The monoisotopic (exact) mass is 358 g/mol. The first-order valence-corrected chi connectivity index (χ1v) is 8.62. The van der Waals surface area contributed by atoms with Crippen molar-refractivity contribution in [3.8, 4) is 17.2 Å². The number of fused-ring (bicyclic) bond motifs is 1. The minimum atomic E-state index is -0.115. The zero-order valence-electron chi connectivity index (χ0n) is 14.8. The van der Waals surface area contributed by atoms with Crippen LogP contribution in [0.15, 0.2) is 78.6 Å². The van der Waals surface area contributed by atoms with Gasteiger partial charge >= 0.3 is 0 Å². The molecule has 4 nitrogen and oxygen atoms in total. The second kappa shape index (κ2) is 7.38. The molecule has 4 heteroatoms. The molecule has 134 valence electrons. The molecule has 3 aromatic rings. The molecule has 0 aliphatic carbocycles. The van der Waals surface area contributed by atoms with Crippen LogP contribution >= 0.6 is 0 Å². The van der Waals surface area contributed by atoms with Crippen LogP contribution in [0.1, 0.15) is 21.5 Å². The highest BCUT2D eigenvalue weighted by Crippen LogP contribution is 2.35. The molecular weight excluding hydrogens is 340 g/mol. The molecule has 0 N–H and O–H groups in total. The number of hydrogen-bond acceptors (Lipinski definition) is 4. The molecule has 1 heterocycles. The lowest BCUT2D eigenvalue weighted by Gasteiger charge is -2.08. The molecule has 27 heavy (non-hydrogen) atoms. The summed E-state index contributed by atoms with van der Waals surface area (Å²) in [5.41, 5.74) is 2.50. The van der Waals surface area contributed by atoms with E-state index in [-0.39, 0.29) is 5.78 Å². The van der Waals surface area contributed by atoms with Crippen molar-refractivity contribution in [1.82, 2.24) is 0 Å². The van der Waals surface area contributed by atoms with Gasteiger partial charge in [-0.1, -0.05) is 42.5 Å². The Morgan fingerprint density at radius 1 is 0.926 bits per heavy atom. The summed E-state index contributed by atoms with van der Waals surface area (Å²) in [6, 6.07) is 22.6. The Bertz CT molecular complexity index is 989. The van der Waals surface area contributed by atoms with Crippen LogP contribution in [-0.2, 0) is 6.61 Å². The lowest BCUT2D eigenvalue weighted by molar-refractivity contribution is 0.101. The van der Waals surface area contributed by atoms with Crippen molar-refractivity contribution in [2.75, 3.05) is 7.11 Å². The largest absolute Gasteiger partial charge is 0.497 e. The van der Waals surface area contributed by atoms with Gasteiger partial charge in [0, 0.05) is 6.07 Å². The number of carbonyl (C=O) groups excluding carboxylic acids is 1. The summed E-state index contributed by atoms with van der Waals surface area (Å²) in [5, 5.41) is 0. The minimum Gasteiger partial charge on any atom is -0.497 e. The topological polar surface area (TPSA) is 44.8 Å². The summed E-state index contributed by atoms with van der Waals surface area (Å²) < 4.78 is 16.7. The van der Waals surface area contributed by atoms with E-state index in [1.165, 1.54) is 0 Å². The number of ether oxygens (including phenoxy) is 3. The van der Waals surface area contributed by atoms with Gasteiger partial charge in [-0.15, -0.1) is 0 Å². The van der Waals surface area contributed by atoms with Crippen molar-refractivity contribution in [1.29, 1.82) is 0 Å². The lowest BCUT2D eigenvalue weighted by atomic mass is 10.1. The maximum Gasteiger partial charge on any atom is 0.231 e. The Kier molecular flexibility index (Phi) is 4.62. The zero-order valence-corrected chi connectivity index (χ0v) is 14.8. The van der Waals surface area contributed by atoms with Crippen LogP contribution < -0.4 is 14.2 Å². The molecular formula is C23H18O4. The van der Waals surface area contributed by atoms with Crippen LogP contribution in [0.2, 0.25) is 0 Å². The first-order valence-electron chi connectivity index (χ1n) is 8.62. The number of rotatable bonds is 5. The summed E-state index contributed by atoms with van der Waals surface area (Å²) in [6.45, 7) is 0.420. The van der Waals surface area contributed by atoms with Crippen molar-refractivity contribution in [3.05, 3.63) is 95.2 Å². The van der Waals surface area contributed by atoms with E-state index in [0.717, 1.165) is 16.9 Å². The third-order valence-corrected chi connectivity index (χ3v) is 4.30. The second-order valence-electron chi connectivity index (χ2n) is 6.15. The maximum absolute atomic E-state index is 12.5. The fourth-order valence-electron chi connectivity index (χ4n) is 2.85. The highest BCUT2D eigenvalue weighted by atomic mass is 16.5. The number of Topliss-reactive ketones (excluding diaryl/α,β-unsaturated/α-hetero) is 1. The molecule has 0 spiro atoms. The quantitative estimate of drug-likeness (QED) is 0.609.